The second-order valence-electron chi connectivity index (χ2n) is 12.1. The van der Waals surface area contributed by atoms with E-state index in [4.69, 9.17) is 4.74 Å². The van der Waals surface area contributed by atoms with E-state index >= 15 is 0 Å². The Bertz CT molecular complexity index is 1810. The number of amides is 4. The van der Waals surface area contributed by atoms with Gasteiger partial charge in [-0.25, -0.2) is 0 Å². The first-order chi connectivity index (χ1) is 21.8. The van der Waals surface area contributed by atoms with Crippen molar-refractivity contribution < 1.29 is 29.0 Å². The maximum atomic E-state index is 14.2. The number of aromatic hydroxyl groups is 1. The molecule has 3 aromatic carbocycles. The van der Waals surface area contributed by atoms with Gasteiger partial charge in [0, 0.05) is 17.5 Å². The minimum absolute atomic E-state index is 0.0615. The number of phenols is 1. The Kier molecular flexibility index (Phi) is 6.80. The lowest BCUT2D eigenvalue weighted by atomic mass is 9.57. The molecule has 1 saturated carbocycles. The second kappa shape index (κ2) is 10.7. The van der Waals surface area contributed by atoms with Gasteiger partial charge in [-0.3, -0.25) is 29.0 Å². The van der Waals surface area contributed by atoms with Gasteiger partial charge in [-0.05, 0) is 60.2 Å². The third kappa shape index (κ3) is 4.27. The highest BCUT2D eigenvalue weighted by Gasteiger charge is 2.62. The van der Waals surface area contributed by atoms with Crippen LogP contribution in [0.5, 0.6) is 11.5 Å². The summed E-state index contributed by atoms with van der Waals surface area (Å²) in [4.78, 5) is 58.8. The van der Waals surface area contributed by atoms with Crippen LogP contribution in [0.15, 0.2) is 91.5 Å². The number of carbonyl (C=O) groups is 4. The average molecular weight is 601 g/mol. The Hall–Kier alpha value is -5.24. The van der Waals surface area contributed by atoms with Gasteiger partial charge in [0.25, 0.3) is 0 Å². The number of imide groups is 2. The molecule has 226 valence electrons. The van der Waals surface area contributed by atoms with Crippen molar-refractivity contribution in [3.05, 3.63) is 108 Å². The lowest BCUT2D eigenvalue weighted by Gasteiger charge is -2.44. The quantitative estimate of drug-likeness (QED) is 0.286. The molecule has 0 aromatic heterocycles. The number of allylic oxidation sites excluding steroid dienone is 2. The number of phenolic OH excluding ortho intramolecular Hbond substituents is 1. The maximum Gasteiger partial charge on any atom is 0.238 e. The molecule has 3 aromatic rings. The van der Waals surface area contributed by atoms with E-state index in [1.807, 2.05) is 6.08 Å². The Labute approximate surface area is 260 Å². The number of nitrogens with zero attached hydrogens (tertiary/aromatic N) is 2. The number of ether oxygens (including phenoxy) is 1. The summed E-state index contributed by atoms with van der Waals surface area (Å²) in [6, 6.07) is 19.1. The van der Waals surface area contributed by atoms with Crippen LogP contribution in [0.1, 0.15) is 35.4 Å². The molecule has 8 nitrogen and oxygen atoms in total. The first-order valence-electron chi connectivity index (χ1n) is 15.0. The van der Waals surface area contributed by atoms with Crippen LogP contribution >= 0.6 is 0 Å². The van der Waals surface area contributed by atoms with E-state index in [9.17, 15) is 24.3 Å². The van der Waals surface area contributed by atoms with Crippen LogP contribution in [-0.2, 0) is 19.2 Å². The SMILES string of the molecule is C=Cc1ccc(N2C(=O)C3CC=C4C(CC5C(=O)N(c6ccc(C=C)cc6)C(=O)C5C4c4ccc(OC)cc4O)C3C2=O)cc1. The zero-order chi connectivity index (χ0) is 31.6. The van der Waals surface area contributed by atoms with E-state index in [-0.39, 0.29) is 35.8 Å². The molecule has 8 heteroatoms. The topological polar surface area (TPSA) is 104 Å². The third-order valence-corrected chi connectivity index (χ3v) is 10.00. The summed E-state index contributed by atoms with van der Waals surface area (Å²) >= 11 is 0. The molecule has 4 amide bonds. The molecule has 0 radical (unpaired) electrons. The van der Waals surface area contributed by atoms with Gasteiger partial charge < -0.3 is 9.84 Å². The molecule has 2 saturated heterocycles. The minimum Gasteiger partial charge on any atom is -0.508 e. The normalized spacial score (nSPS) is 27.1. The smallest absolute Gasteiger partial charge is 0.238 e. The van der Waals surface area contributed by atoms with Gasteiger partial charge in [-0.1, -0.05) is 67.3 Å². The van der Waals surface area contributed by atoms with Crippen LogP contribution in [0.4, 0.5) is 11.4 Å². The zero-order valence-corrected chi connectivity index (χ0v) is 24.8. The number of hydrogen-bond acceptors (Lipinski definition) is 6. The Morgan fingerprint density at radius 2 is 1.29 bits per heavy atom. The molecule has 7 rings (SSSR count). The van der Waals surface area contributed by atoms with Gasteiger partial charge in [-0.15, -0.1) is 0 Å². The molecule has 2 heterocycles. The third-order valence-electron chi connectivity index (χ3n) is 10.00. The molecule has 1 N–H and O–H groups in total. The maximum absolute atomic E-state index is 14.2. The highest BCUT2D eigenvalue weighted by molar-refractivity contribution is 6.24. The van der Waals surface area contributed by atoms with E-state index < -0.39 is 35.5 Å². The number of carbonyl (C=O) groups excluding carboxylic acids is 4. The Morgan fingerprint density at radius 3 is 1.82 bits per heavy atom. The van der Waals surface area contributed by atoms with Crippen molar-refractivity contribution in [2.45, 2.75) is 18.8 Å². The molecule has 4 aliphatic rings. The summed E-state index contributed by atoms with van der Waals surface area (Å²) < 4.78 is 5.31. The summed E-state index contributed by atoms with van der Waals surface area (Å²) in [7, 11) is 1.50. The van der Waals surface area contributed by atoms with Gasteiger partial charge >= 0.3 is 0 Å². The number of methoxy groups -OCH3 is 1. The highest BCUT2D eigenvalue weighted by atomic mass is 16.5. The fourth-order valence-electron chi connectivity index (χ4n) is 7.88. The standard InChI is InChI=1S/C37H32N2O6/c1-4-20-6-10-22(11-7-20)38-34(41)27-17-16-25-28(32(27)36(38)43)19-29-33(31(25)26-15-14-24(45-3)18-30(26)40)37(44)39(35(29)42)23-12-8-21(5-2)9-13-23/h4-16,18,27-29,31-33,40H,1-2,17,19H2,3H3. The van der Waals surface area contributed by atoms with Gasteiger partial charge in [0.05, 0.1) is 42.2 Å². The average Bonchev–Trinajstić information content (AvgIpc) is 3.47. The lowest BCUT2D eigenvalue weighted by molar-refractivity contribution is -0.126. The van der Waals surface area contributed by atoms with E-state index in [0.29, 0.717) is 29.1 Å². The van der Waals surface area contributed by atoms with Crippen LogP contribution < -0.4 is 14.5 Å². The van der Waals surface area contributed by atoms with E-state index in [0.717, 1.165) is 16.7 Å². The Balaban J connectivity index is 1.32. The van der Waals surface area contributed by atoms with Gasteiger partial charge in [0.1, 0.15) is 11.5 Å². The van der Waals surface area contributed by atoms with Crippen molar-refractivity contribution in [3.8, 4) is 11.5 Å². The van der Waals surface area contributed by atoms with E-state index in [1.165, 1.54) is 23.0 Å². The molecule has 0 bridgehead atoms. The van der Waals surface area contributed by atoms with Crippen LogP contribution in [0.25, 0.3) is 12.2 Å². The van der Waals surface area contributed by atoms with Crippen LogP contribution in [0.2, 0.25) is 0 Å². The first-order valence-corrected chi connectivity index (χ1v) is 15.0. The van der Waals surface area contributed by atoms with Crippen molar-refractivity contribution in [1.82, 2.24) is 0 Å². The fourth-order valence-corrected chi connectivity index (χ4v) is 7.88. The molecule has 3 fully saturated rings. The van der Waals surface area contributed by atoms with Crippen molar-refractivity contribution >= 4 is 47.2 Å². The van der Waals surface area contributed by atoms with Crippen LogP contribution in [0, 0.1) is 29.6 Å². The molecule has 2 aliphatic heterocycles. The summed E-state index contributed by atoms with van der Waals surface area (Å²) in [5.74, 6) is -4.82. The van der Waals surface area contributed by atoms with Crippen molar-refractivity contribution in [1.29, 1.82) is 0 Å². The minimum atomic E-state index is -0.787. The number of benzene rings is 3. The largest absolute Gasteiger partial charge is 0.508 e. The highest BCUT2D eigenvalue weighted by Crippen LogP contribution is 2.59. The summed E-state index contributed by atoms with van der Waals surface area (Å²) in [6.07, 6.45) is 5.91. The molecule has 6 atom stereocenters. The van der Waals surface area contributed by atoms with Gasteiger partial charge in [-0.2, -0.15) is 0 Å². The van der Waals surface area contributed by atoms with Gasteiger partial charge in [0.2, 0.25) is 23.6 Å². The van der Waals surface area contributed by atoms with Crippen LogP contribution in [-0.4, -0.2) is 35.8 Å². The van der Waals surface area contributed by atoms with Crippen molar-refractivity contribution in [3.63, 3.8) is 0 Å². The second-order valence-corrected chi connectivity index (χ2v) is 12.1. The molecule has 2 aliphatic carbocycles. The number of rotatable bonds is 6. The fraction of sp³-hybridized carbons (Fsp3) is 0.243. The van der Waals surface area contributed by atoms with Crippen LogP contribution in [0.3, 0.4) is 0 Å². The predicted molar refractivity (Wildman–Crippen MR) is 170 cm³/mol. The predicted octanol–water partition coefficient (Wildman–Crippen LogP) is 5.73. The molecular formula is C37H32N2O6. The number of anilines is 2. The van der Waals surface area contributed by atoms with Crippen molar-refractivity contribution in [2.24, 2.45) is 29.6 Å². The molecule has 6 unspecified atom stereocenters. The summed E-state index contributed by atoms with van der Waals surface area (Å²) in [5, 5.41) is 11.2. The lowest BCUT2D eigenvalue weighted by Crippen LogP contribution is -2.43. The number of fused-ring (bicyclic) bond motifs is 4. The summed E-state index contributed by atoms with van der Waals surface area (Å²) in [6.45, 7) is 7.55. The van der Waals surface area contributed by atoms with E-state index in [1.54, 1.807) is 72.8 Å². The molecular weight excluding hydrogens is 568 g/mol. The monoisotopic (exact) mass is 600 g/mol. The zero-order valence-electron chi connectivity index (χ0n) is 24.8. The molecule has 45 heavy (non-hydrogen) atoms. The van der Waals surface area contributed by atoms with Gasteiger partial charge in [0.15, 0.2) is 0 Å². The number of hydrogen-bond donors (Lipinski definition) is 1. The molecule has 0 spiro atoms. The van der Waals surface area contributed by atoms with Crippen molar-refractivity contribution in [2.75, 3.05) is 16.9 Å². The summed E-state index contributed by atoms with van der Waals surface area (Å²) in [5.41, 5.74) is 3.97. The Morgan fingerprint density at radius 1 is 0.733 bits per heavy atom. The first kappa shape index (κ1) is 28.5. The van der Waals surface area contributed by atoms with E-state index in [2.05, 4.69) is 13.2 Å².